The average molecular weight is 669 g/mol. The lowest BCUT2D eigenvalue weighted by Gasteiger charge is -2.14. The Morgan fingerprint density at radius 1 is 0.795 bits per heavy atom. The minimum absolute atomic E-state index is 0.00376. The SMILES string of the molecule is CC(Sc1ccc(NC(=O)/C(=C/c2cccc(Cl)c2Cl)NC(=O)c2ccccc2)cc1)C(=O)Nc1cc(C(=O)O)ccc1Cl. The number of aromatic carboxylic acids is 1. The van der Waals surface area contributed by atoms with Gasteiger partial charge in [0, 0.05) is 16.1 Å². The number of amides is 3. The summed E-state index contributed by atoms with van der Waals surface area (Å²) < 4.78 is 0. The van der Waals surface area contributed by atoms with Crippen molar-refractivity contribution in [1.82, 2.24) is 5.32 Å². The fourth-order valence-corrected chi connectivity index (χ4v) is 5.19. The molecule has 0 bridgehead atoms. The number of carbonyl (C=O) groups excluding carboxylic acids is 3. The monoisotopic (exact) mass is 667 g/mol. The van der Waals surface area contributed by atoms with Crippen LogP contribution in [0.25, 0.3) is 6.08 Å². The molecule has 0 saturated carbocycles. The fourth-order valence-electron chi connectivity index (χ4n) is 3.79. The molecule has 0 radical (unpaired) electrons. The van der Waals surface area contributed by atoms with Crippen molar-refractivity contribution in [3.8, 4) is 0 Å². The van der Waals surface area contributed by atoms with Gasteiger partial charge in [-0.3, -0.25) is 14.4 Å². The summed E-state index contributed by atoms with van der Waals surface area (Å²) in [6, 6.07) is 24.2. The quantitative estimate of drug-likeness (QED) is 0.101. The highest BCUT2D eigenvalue weighted by Gasteiger charge is 2.19. The Bertz CT molecular complexity index is 1750. The van der Waals surface area contributed by atoms with Crippen LogP contribution in [0.15, 0.2) is 102 Å². The third-order valence-corrected chi connectivity index (χ3v) is 8.35. The van der Waals surface area contributed by atoms with Crippen LogP contribution in [0.1, 0.15) is 33.2 Å². The predicted molar refractivity (Wildman–Crippen MR) is 176 cm³/mol. The number of carbonyl (C=O) groups is 4. The molecule has 44 heavy (non-hydrogen) atoms. The Labute approximate surface area is 272 Å². The molecule has 0 heterocycles. The van der Waals surface area contributed by atoms with Crippen molar-refractivity contribution in [1.29, 1.82) is 0 Å². The average Bonchev–Trinajstić information content (AvgIpc) is 3.01. The molecule has 0 fully saturated rings. The van der Waals surface area contributed by atoms with Gasteiger partial charge in [-0.1, -0.05) is 65.1 Å². The molecule has 1 atom stereocenters. The predicted octanol–water partition coefficient (Wildman–Crippen LogP) is 7.87. The van der Waals surface area contributed by atoms with Crippen molar-refractivity contribution < 1.29 is 24.3 Å². The number of anilines is 2. The van der Waals surface area contributed by atoms with Crippen molar-refractivity contribution >= 4 is 87.7 Å². The van der Waals surface area contributed by atoms with Crippen molar-refractivity contribution in [3.63, 3.8) is 0 Å². The second-order valence-corrected chi connectivity index (χ2v) is 11.9. The third-order valence-electron chi connectivity index (χ3n) is 6.08. The third kappa shape index (κ3) is 8.64. The molecule has 0 aliphatic carbocycles. The van der Waals surface area contributed by atoms with Crippen molar-refractivity contribution in [3.05, 3.63) is 128 Å². The van der Waals surface area contributed by atoms with Crippen LogP contribution in [0.5, 0.6) is 0 Å². The fraction of sp³-hybridized carbons (Fsp3) is 0.0625. The number of benzene rings is 4. The number of thioether (sulfide) groups is 1. The normalized spacial score (nSPS) is 11.8. The van der Waals surface area contributed by atoms with Crippen LogP contribution < -0.4 is 16.0 Å². The van der Waals surface area contributed by atoms with E-state index in [9.17, 15) is 24.3 Å². The molecule has 4 N–H and O–H groups in total. The smallest absolute Gasteiger partial charge is 0.335 e. The van der Waals surface area contributed by atoms with E-state index in [2.05, 4.69) is 16.0 Å². The molecule has 4 rings (SSSR count). The second kappa shape index (κ2) is 14.9. The molecule has 224 valence electrons. The van der Waals surface area contributed by atoms with Gasteiger partial charge in [0.05, 0.1) is 31.6 Å². The highest BCUT2D eigenvalue weighted by Crippen LogP contribution is 2.29. The van der Waals surface area contributed by atoms with E-state index in [0.29, 0.717) is 21.8 Å². The number of nitrogens with one attached hydrogen (secondary N) is 3. The van der Waals surface area contributed by atoms with Crippen LogP contribution in [-0.2, 0) is 9.59 Å². The zero-order valence-electron chi connectivity index (χ0n) is 22.9. The molecule has 1 unspecified atom stereocenters. The molecular weight excluding hydrogens is 645 g/mol. The topological polar surface area (TPSA) is 125 Å². The Morgan fingerprint density at radius 2 is 1.50 bits per heavy atom. The van der Waals surface area contributed by atoms with Crippen LogP contribution in [-0.4, -0.2) is 34.0 Å². The summed E-state index contributed by atoms with van der Waals surface area (Å²) in [5.41, 5.74) is 1.37. The lowest BCUT2D eigenvalue weighted by molar-refractivity contribution is -0.115. The number of hydrogen-bond acceptors (Lipinski definition) is 5. The van der Waals surface area contributed by atoms with Crippen molar-refractivity contribution in [2.24, 2.45) is 0 Å². The van der Waals surface area contributed by atoms with Gasteiger partial charge in [-0.25, -0.2) is 4.79 Å². The summed E-state index contributed by atoms with van der Waals surface area (Å²) in [5.74, 6) is -2.60. The van der Waals surface area contributed by atoms with Crippen LogP contribution >= 0.6 is 46.6 Å². The molecule has 0 aliphatic rings. The Hall–Kier alpha value is -4.28. The van der Waals surface area contributed by atoms with Gasteiger partial charge in [-0.2, -0.15) is 0 Å². The van der Waals surface area contributed by atoms with E-state index in [1.165, 1.54) is 36.0 Å². The molecule has 0 aromatic heterocycles. The van der Waals surface area contributed by atoms with Crippen LogP contribution in [0.4, 0.5) is 11.4 Å². The van der Waals surface area contributed by atoms with Crippen LogP contribution in [0.2, 0.25) is 15.1 Å². The number of halogens is 3. The number of carboxylic acids is 1. The van der Waals surface area contributed by atoms with Gasteiger partial charge in [0.25, 0.3) is 11.8 Å². The number of rotatable bonds is 10. The van der Waals surface area contributed by atoms with Gasteiger partial charge in [0.15, 0.2) is 0 Å². The van der Waals surface area contributed by atoms with E-state index in [-0.39, 0.29) is 32.9 Å². The minimum atomic E-state index is -1.14. The Kier molecular flexibility index (Phi) is 11.1. The first-order chi connectivity index (χ1) is 21.0. The largest absolute Gasteiger partial charge is 0.478 e. The number of hydrogen-bond donors (Lipinski definition) is 4. The van der Waals surface area contributed by atoms with Gasteiger partial charge >= 0.3 is 5.97 Å². The molecule has 8 nitrogen and oxygen atoms in total. The van der Waals surface area contributed by atoms with E-state index in [1.54, 1.807) is 79.7 Å². The molecular formula is C32H24Cl3N3O5S. The summed E-state index contributed by atoms with van der Waals surface area (Å²) in [4.78, 5) is 51.0. The molecule has 4 aromatic rings. The van der Waals surface area contributed by atoms with Crippen molar-refractivity contribution in [2.45, 2.75) is 17.1 Å². The van der Waals surface area contributed by atoms with Gasteiger partial charge in [0.2, 0.25) is 5.91 Å². The Balaban J connectivity index is 1.45. The maximum absolute atomic E-state index is 13.3. The molecule has 4 aromatic carbocycles. The van der Waals surface area contributed by atoms with Crippen LogP contribution in [0.3, 0.4) is 0 Å². The number of carboxylic acid groups (broad SMARTS) is 1. The van der Waals surface area contributed by atoms with E-state index in [4.69, 9.17) is 34.8 Å². The first kappa shape index (κ1) is 32.6. The van der Waals surface area contributed by atoms with E-state index >= 15 is 0 Å². The maximum Gasteiger partial charge on any atom is 0.335 e. The lowest BCUT2D eigenvalue weighted by Crippen LogP contribution is -2.30. The summed E-state index contributed by atoms with van der Waals surface area (Å²) in [5, 5.41) is 17.4. The summed E-state index contributed by atoms with van der Waals surface area (Å²) in [6.07, 6.45) is 1.44. The zero-order chi connectivity index (χ0) is 31.8. The second-order valence-electron chi connectivity index (χ2n) is 9.25. The van der Waals surface area contributed by atoms with Gasteiger partial charge in [-0.05, 0) is 79.2 Å². The van der Waals surface area contributed by atoms with Gasteiger partial charge < -0.3 is 21.1 Å². The minimum Gasteiger partial charge on any atom is -0.478 e. The summed E-state index contributed by atoms with van der Waals surface area (Å²) in [7, 11) is 0. The van der Waals surface area contributed by atoms with Crippen molar-refractivity contribution in [2.75, 3.05) is 10.6 Å². The molecule has 0 spiro atoms. The van der Waals surface area contributed by atoms with Gasteiger partial charge in [0.1, 0.15) is 5.70 Å². The first-order valence-corrected chi connectivity index (χ1v) is 15.0. The standard InChI is InChI=1S/C32H24Cl3N3O5S/c1-18(29(39)37-26-17-21(32(42)43)10-15-24(26)33)44-23-13-11-22(12-14-23)36-31(41)27(16-20-8-5-9-25(34)28(20)35)38-30(40)19-6-3-2-4-7-19/h2-18H,1H3,(H,36,41)(H,37,39)(H,38,40)(H,42,43)/b27-16-. The van der Waals surface area contributed by atoms with E-state index in [1.807, 2.05) is 0 Å². The molecule has 3 amide bonds. The highest BCUT2D eigenvalue weighted by atomic mass is 35.5. The summed E-state index contributed by atoms with van der Waals surface area (Å²) in [6.45, 7) is 1.69. The molecule has 12 heteroatoms. The first-order valence-electron chi connectivity index (χ1n) is 13.0. The van der Waals surface area contributed by atoms with Crippen LogP contribution in [0, 0.1) is 0 Å². The zero-order valence-corrected chi connectivity index (χ0v) is 26.0. The van der Waals surface area contributed by atoms with E-state index in [0.717, 1.165) is 4.90 Å². The summed E-state index contributed by atoms with van der Waals surface area (Å²) >= 11 is 19.8. The maximum atomic E-state index is 13.3. The van der Waals surface area contributed by atoms with Gasteiger partial charge in [-0.15, -0.1) is 11.8 Å². The Morgan fingerprint density at radius 3 is 2.18 bits per heavy atom. The molecule has 0 saturated heterocycles. The highest BCUT2D eigenvalue weighted by molar-refractivity contribution is 8.00. The molecule has 0 aliphatic heterocycles. The lowest BCUT2D eigenvalue weighted by atomic mass is 10.1. The van der Waals surface area contributed by atoms with E-state index < -0.39 is 23.0 Å².